The first-order valence-corrected chi connectivity index (χ1v) is 8.98. The summed E-state index contributed by atoms with van der Waals surface area (Å²) in [7, 11) is 0. The third kappa shape index (κ3) is 3.30. The number of nitrogens with zero attached hydrogens (tertiary/aromatic N) is 4. The molecular formula is C19H21N5O3. The zero-order valence-electron chi connectivity index (χ0n) is 15.4. The Labute approximate surface area is 155 Å². The summed E-state index contributed by atoms with van der Waals surface area (Å²) >= 11 is 0. The molecule has 0 spiro atoms. The third-order valence-corrected chi connectivity index (χ3v) is 4.71. The second-order valence-electron chi connectivity index (χ2n) is 6.78. The van der Waals surface area contributed by atoms with Crippen molar-refractivity contribution < 1.29 is 9.21 Å². The Morgan fingerprint density at radius 1 is 1.33 bits per heavy atom. The fourth-order valence-electron chi connectivity index (χ4n) is 3.45. The quantitative estimate of drug-likeness (QED) is 0.736. The van der Waals surface area contributed by atoms with Gasteiger partial charge in [-0.1, -0.05) is 0 Å². The lowest BCUT2D eigenvalue weighted by Crippen LogP contribution is -2.36. The van der Waals surface area contributed by atoms with E-state index < -0.39 is 0 Å². The zero-order chi connectivity index (χ0) is 19.0. The maximum atomic E-state index is 13.0. The molecule has 8 nitrogen and oxygen atoms in total. The third-order valence-electron chi connectivity index (χ3n) is 4.71. The summed E-state index contributed by atoms with van der Waals surface area (Å²) in [5.41, 5.74) is 3.06. The van der Waals surface area contributed by atoms with E-state index in [0.717, 1.165) is 29.9 Å². The van der Waals surface area contributed by atoms with Gasteiger partial charge in [-0.15, -0.1) is 0 Å². The number of rotatable bonds is 5. The van der Waals surface area contributed by atoms with Gasteiger partial charge < -0.3 is 9.73 Å². The van der Waals surface area contributed by atoms with Gasteiger partial charge >= 0.3 is 0 Å². The minimum atomic E-state index is -0.281. The summed E-state index contributed by atoms with van der Waals surface area (Å²) in [5, 5.41) is 7.23. The summed E-state index contributed by atoms with van der Waals surface area (Å²) in [6.07, 6.45) is 3.94. The normalized spacial score (nSPS) is 13.0. The standard InChI is InChI=1S/C19H21N5O3/c1-12-9-13(2)24(22-12)19-21-16-7-3-6-15(16)18(26)23(19)11-17(25)20-10-14-5-4-8-27-14/h4-5,8-9H,3,6-7,10-11H2,1-2H3,(H,20,25). The Morgan fingerprint density at radius 3 is 2.89 bits per heavy atom. The highest BCUT2D eigenvalue weighted by atomic mass is 16.3. The van der Waals surface area contributed by atoms with Crippen molar-refractivity contribution in [2.75, 3.05) is 0 Å². The van der Waals surface area contributed by atoms with E-state index >= 15 is 0 Å². The monoisotopic (exact) mass is 367 g/mol. The second kappa shape index (κ2) is 6.86. The molecule has 1 aliphatic rings. The van der Waals surface area contributed by atoms with Crippen molar-refractivity contribution in [3.8, 4) is 5.95 Å². The first-order chi connectivity index (χ1) is 13.0. The molecule has 0 aliphatic heterocycles. The average Bonchev–Trinajstić information content (AvgIpc) is 3.36. The van der Waals surface area contributed by atoms with Crippen LogP contribution in [0, 0.1) is 13.8 Å². The number of hydrogen-bond acceptors (Lipinski definition) is 5. The Kier molecular flexibility index (Phi) is 4.39. The van der Waals surface area contributed by atoms with Crippen LogP contribution in [0.15, 0.2) is 33.7 Å². The van der Waals surface area contributed by atoms with E-state index in [0.29, 0.717) is 23.7 Å². The predicted octanol–water partition coefficient (Wildman–Crippen LogP) is 1.44. The topological polar surface area (TPSA) is 95.0 Å². The van der Waals surface area contributed by atoms with Crippen molar-refractivity contribution in [1.29, 1.82) is 0 Å². The highest BCUT2D eigenvalue weighted by Crippen LogP contribution is 2.19. The minimum Gasteiger partial charge on any atom is -0.467 e. The van der Waals surface area contributed by atoms with E-state index in [-0.39, 0.29) is 24.6 Å². The lowest BCUT2D eigenvalue weighted by atomic mass is 10.2. The first kappa shape index (κ1) is 17.3. The molecular weight excluding hydrogens is 346 g/mol. The lowest BCUT2D eigenvalue weighted by molar-refractivity contribution is -0.122. The van der Waals surface area contributed by atoms with Crippen molar-refractivity contribution in [2.45, 2.75) is 46.2 Å². The number of hydrogen-bond donors (Lipinski definition) is 1. The van der Waals surface area contributed by atoms with E-state index in [2.05, 4.69) is 15.4 Å². The van der Waals surface area contributed by atoms with E-state index in [1.54, 1.807) is 23.1 Å². The van der Waals surface area contributed by atoms with Gasteiger partial charge in [0.1, 0.15) is 12.3 Å². The van der Waals surface area contributed by atoms with Crippen molar-refractivity contribution in [2.24, 2.45) is 0 Å². The number of amides is 1. The molecule has 0 radical (unpaired) electrons. The molecule has 1 amide bonds. The number of aromatic nitrogens is 4. The summed E-state index contributed by atoms with van der Waals surface area (Å²) in [6.45, 7) is 3.94. The lowest BCUT2D eigenvalue weighted by Gasteiger charge is -2.15. The van der Waals surface area contributed by atoms with E-state index in [1.807, 2.05) is 19.9 Å². The number of aryl methyl sites for hydroxylation is 3. The molecule has 3 aromatic heterocycles. The maximum absolute atomic E-state index is 13.0. The van der Waals surface area contributed by atoms with Crippen molar-refractivity contribution in [3.05, 3.63) is 63.2 Å². The van der Waals surface area contributed by atoms with Gasteiger partial charge in [-0.2, -0.15) is 5.10 Å². The molecule has 8 heteroatoms. The molecule has 140 valence electrons. The van der Waals surface area contributed by atoms with Gasteiger partial charge in [0.2, 0.25) is 11.9 Å². The highest BCUT2D eigenvalue weighted by molar-refractivity contribution is 5.75. The van der Waals surface area contributed by atoms with E-state index in [1.165, 1.54) is 4.57 Å². The summed E-state index contributed by atoms with van der Waals surface area (Å²) in [6, 6.07) is 5.46. The van der Waals surface area contributed by atoms with Crippen LogP contribution in [-0.2, 0) is 30.7 Å². The largest absolute Gasteiger partial charge is 0.467 e. The van der Waals surface area contributed by atoms with Crippen LogP contribution in [0.4, 0.5) is 0 Å². The number of furan rings is 1. The van der Waals surface area contributed by atoms with Crippen LogP contribution in [0.1, 0.15) is 34.8 Å². The molecule has 0 bridgehead atoms. The summed E-state index contributed by atoms with van der Waals surface area (Å²) in [4.78, 5) is 30.2. The average molecular weight is 367 g/mol. The maximum Gasteiger partial charge on any atom is 0.258 e. The van der Waals surface area contributed by atoms with Crippen LogP contribution in [0.3, 0.4) is 0 Å². The molecule has 0 aromatic carbocycles. The van der Waals surface area contributed by atoms with Gasteiger partial charge in [-0.05, 0) is 51.3 Å². The zero-order valence-corrected chi connectivity index (χ0v) is 15.4. The fraction of sp³-hybridized carbons (Fsp3) is 0.368. The van der Waals surface area contributed by atoms with Crippen LogP contribution >= 0.6 is 0 Å². The molecule has 1 N–H and O–H groups in total. The van der Waals surface area contributed by atoms with Gasteiger partial charge in [0.15, 0.2) is 0 Å². The number of carbonyl (C=O) groups excluding carboxylic acids is 1. The SMILES string of the molecule is Cc1cc(C)n(-c2nc3c(c(=O)n2CC(=O)NCc2ccco2)CCC3)n1. The Hall–Kier alpha value is -3.16. The smallest absolute Gasteiger partial charge is 0.258 e. The van der Waals surface area contributed by atoms with Crippen molar-refractivity contribution in [1.82, 2.24) is 24.6 Å². The molecule has 0 fully saturated rings. The van der Waals surface area contributed by atoms with Crippen LogP contribution in [0.2, 0.25) is 0 Å². The summed E-state index contributed by atoms with van der Waals surface area (Å²) in [5.74, 6) is 0.761. The molecule has 27 heavy (non-hydrogen) atoms. The number of fused-ring (bicyclic) bond motifs is 1. The molecule has 0 atom stereocenters. The van der Waals surface area contributed by atoms with Crippen LogP contribution < -0.4 is 10.9 Å². The molecule has 3 heterocycles. The van der Waals surface area contributed by atoms with Crippen LogP contribution in [-0.4, -0.2) is 25.2 Å². The number of nitrogens with one attached hydrogen (secondary N) is 1. The van der Waals surface area contributed by atoms with Gasteiger partial charge in [-0.3, -0.25) is 14.2 Å². The van der Waals surface area contributed by atoms with E-state index in [4.69, 9.17) is 4.42 Å². The second-order valence-corrected chi connectivity index (χ2v) is 6.78. The van der Waals surface area contributed by atoms with E-state index in [9.17, 15) is 9.59 Å². The molecule has 4 rings (SSSR count). The molecule has 0 saturated carbocycles. The molecule has 1 aliphatic carbocycles. The summed E-state index contributed by atoms with van der Waals surface area (Å²) < 4.78 is 8.27. The highest BCUT2D eigenvalue weighted by Gasteiger charge is 2.23. The first-order valence-electron chi connectivity index (χ1n) is 8.98. The Bertz CT molecular complexity index is 1050. The minimum absolute atomic E-state index is 0.118. The van der Waals surface area contributed by atoms with Gasteiger partial charge in [0.05, 0.1) is 24.2 Å². The predicted molar refractivity (Wildman–Crippen MR) is 97.7 cm³/mol. The van der Waals surface area contributed by atoms with Crippen molar-refractivity contribution in [3.63, 3.8) is 0 Å². The Balaban J connectivity index is 1.69. The molecule has 3 aromatic rings. The van der Waals surface area contributed by atoms with Crippen LogP contribution in [0.5, 0.6) is 0 Å². The van der Waals surface area contributed by atoms with Gasteiger partial charge in [0.25, 0.3) is 5.56 Å². The van der Waals surface area contributed by atoms with Crippen molar-refractivity contribution >= 4 is 5.91 Å². The van der Waals surface area contributed by atoms with Gasteiger partial charge in [-0.25, -0.2) is 9.67 Å². The van der Waals surface area contributed by atoms with Gasteiger partial charge in [0, 0.05) is 11.3 Å². The fourth-order valence-corrected chi connectivity index (χ4v) is 3.45. The number of carbonyl (C=O) groups is 1. The molecule has 0 saturated heterocycles. The molecule has 0 unspecified atom stereocenters. The Morgan fingerprint density at radius 2 is 2.19 bits per heavy atom. The van der Waals surface area contributed by atoms with Crippen LogP contribution in [0.25, 0.3) is 5.95 Å².